The smallest absolute Gasteiger partial charge is 0.328 e. The van der Waals surface area contributed by atoms with Crippen molar-refractivity contribution in [1.29, 1.82) is 0 Å². The zero-order chi connectivity index (χ0) is 15.4. The van der Waals surface area contributed by atoms with Gasteiger partial charge in [0.15, 0.2) is 12.1 Å². The van der Waals surface area contributed by atoms with Crippen LogP contribution in [0.5, 0.6) is 5.75 Å². The number of amides is 1. The monoisotopic (exact) mass is 313 g/mol. The predicted octanol–water partition coefficient (Wildman–Crippen LogP) is 1.42. The third kappa shape index (κ3) is 3.65. The van der Waals surface area contributed by atoms with Crippen LogP contribution in [0.4, 0.5) is 0 Å². The van der Waals surface area contributed by atoms with Gasteiger partial charge in [-0.05, 0) is 19.1 Å². The number of hydrogen-bond acceptors (Lipinski definition) is 4. The van der Waals surface area contributed by atoms with Gasteiger partial charge in [0, 0.05) is 6.54 Å². The van der Waals surface area contributed by atoms with Crippen molar-refractivity contribution in [2.24, 2.45) is 0 Å². The lowest BCUT2D eigenvalue weighted by Gasteiger charge is -2.34. The lowest BCUT2D eigenvalue weighted by molar-refractivity contribution is -0.161. The van der Waals surface area contributed by atoms with E-state index in [2.05, 4.69) is 0 Å². The van der Waals surface area contributed by atoms with E-state index in [0.717, 1.165) is 0 Å². The maximum Gasteiger partial charge on any atom is 0.328 e. The zero-order valence-corrected chi connectivity index (χ0v) is 12.2. The van der Waals surface area contributed by atoms with Gasteiger partial charge in [0.05, 0.1) is 18.2 Å². The molecule has 7 heteroatoms. The quantitative estimate of drug-likeness (QED) is 0.910. The van der Waals surface area contributed by atoms with Crippen LogP contribution >= 0.6 is 11.6 Å². The molecule has 0 aromatic heterocycles. The normalized spacial score (nSPS) is 19.9. The second-order valence-corrected chi connectivity index (χ2v) is 5.06. The van der Waals surface area contributed by atoms with Gasteiger partial charge in [-0.15, -0.1) is 0 Å². The Morgan fingerprint density at radius 1 is 1.48 bits per heavy atom. The summed E-state index contributed by atoms with van der Waals surface area (Å²) in [5.74, 6) is -1.10. The Bertz CT molecular complexity index is 536. The molecule has 2 atom stereocenters. The van der Waals surface area contributed by atoms with E-state index in [-0.39, 0.29) is 13.2 Å². The molecule has 1 amide bonds. The molecule has 0 spiro atoms. The van der Waals surface area contributed by atoms with Crippen LogP contribution in [0.25, 0.3) is 0 Å². The summed E-state index contributed by atoms with van der Waals surface area (Å²) in [7, 11) is 0. The minimum absolute atomic E-state index is 0.0140. The number of carboxylic acid groups (broad SMARTS) is 1. The van der Waals surface area contributed by atoms with Crippen LogP contribution in [0.1, 0.15) is 6.92 Å². The molecule has 2 rings (SSSR count). The standard InChI is InChI=1S/C14H16ClNO5/c1-9(21-12-5-3-2-4-10(12)15)13(17)16-6-7-20-8-11(16)14(18)19/h2-5,9,11H,6-8H2,1H3,(H,18,19)/t9-,11+/m0/s1. The Morgan fingerprint density at radius 3 is 2.86 bits per heavy atom. The van der Waals surface area contributed by atoms with E-state index >= 15 is 0 Å². The second kappa shape index (κ2) is 6.78. The van der Waals surface area contributed by atoms with E-state index in [0.29, 0.717) is 17.4 Å². The number of benzene rings is 1. The summed E-state index contributed by atoms with van der Waals surface area (Å²) < 4.78 is 10.6. The molecule has 0 bridgehead atoms. The van der Waals surface area contributed by atoms with Gasteiger partial charge in [0.25, 0.3) is 5.91 Å². The minimum Gasteiger partial charge on any atom is -0.480 e. The summed E-state index contributed by atoms with van der Waals surface area (Å²) in [6.45, 7) is 2.10. The highest BCUT2D eigenvalue weighted by molar-refractivity contribution is 6.32. The summed E-state index contributed by atoms with van der Waals surface area (Å²) in [6.07, 6.45) is -0.829. The molecule has 1 saturated heterocycles. The Kier molecular flexibility index (Phi) is 5.03. The van der Waals surface area contributed by atoms with Crippen molar-refractivity contribution in [3.8, 4) is 5.75 Å². The molecule has 1 N–H and O–H groups in total. The largest absolute Gasteiger partial charge is 0.480 e. The first-order valence-electron chi connectivity index (χ1n) is 6.53. The number of morpholine rings is 1. The van der Waals surface area contributed by atoms with E-state index in [1.54, 1.807) is 31.2 Å². The van der Waals surface area contributed by atoms with Gasteiger partial charge in [-0.3, -0.25) is 4.79 Å². The average molecular weight is 314 g/mol. The van der Waals surface area contributed by atoms with Gasteiger partial charge >= 0.3 is 5.97 Å². The van der Waals surface area contributed by atoms with Gasteiger partial charge in [0.1, 0.15) is 5.75 Å². The SMILES string of the molecule is C[C@H](Oc1ccccc1Cl)C(=O)N1CCOC[C@@H]1C(=O)O. The molecule has 1 aromatic carbocycles. The molecule has 6 nitrogen and oxygen atoms in total. The van der Waals surface area contributed by atoms with Crippen LogP contribution in [0.2, 0.25) is 5.02 Å². The molecule has 1 fully saturated rings. The summed E-state index contributed by atoms with van der Waals surface area (Å²) in [6, 6.07) is 5.82. The van der Waals surface area contributed by atoms with Crippen LogP contribution in [-0.4, -0.2) is 53.8 Å². The molecular weight excluding hydrogens is 298 g/mol. The zero-order valence-electron chi connectivity index (χ0n) is 11.5. The van der Waals surface area contributed by atoms with E-state index in [1.807, 2.05) is 0 Å². The van der Waals surface area contributed by atoms with Crippen molar-refractivity contribution in [2.45, 2.75) is 19.1 Å². The highest BCUT2D eigenvalue weighted by Gasteiger charge is 2.35. The van der Waals surface area contributed by atoms with Crippen molar-refractivity contribution < 1.29 is 24.2 Å². The van der Waals surface area contributed by atoms with Gasteiger partial charge < -0.3 is 19.5 Å². The van der Waals surface area contributed by atoms with Crippen LogP contribution in [0, 0.1) is 0 Å². The van der Waals surface area contributed by atoms with Crippen molar-refractivity contribution in [3.05, 3.63) is 29.3 Å². The Balaban J connectivity index is 2.07. The number of carbonyl (C=O) groups is 2. The molecule has 0 saturated carbocycles. The molecule has 1 heterocycles. The molecule has 114 valence electrons. The van der Waals surface area contributed by atoms with Gasteiger partial charge in [-0.2, -0.15) is 0 Å². The van der Waals surface area contributed by atoms with Crippen LogP contribution in [0.3, 0.4) is 0 Å². The van der Waals surface area contributed by atoms with Crippen molar-refractivity contribution >= 4 is 23.5 Å². The maximum atomic E-state index is 12.4. The van der Waals surface area contributed by atoms with Gasteiger partial charge in [0.2, 0.25) is 0 Å². The van der Waals surface area contributed by atoms with Gasteiger partial charge in [-0.25, -0.2) is 4.79 Å². The summed E-state index contributed by atoms with van der Waals surface area (Å²) >= 11 is 5.97. The van der Waals surface area contributed by atoms with Gasteiger partial charge in [-0.1, -0.05) is 23.7 Å². The number of carboxylic acids is 1. The minimum atomic E-state index is -1.09. The molecule has 0 radical (unpaired) electrons. The topological polar surface area (TPSA) is 76.1 Å². The number of carbonyl (C=O) groups excluding carboxylic acids is 1. The number of para-hydroxylation sites is 1. The molecule has 0 unspecified atom stereocenters. The molecule has 21 heavy (non-hydrogen) atoms. The van der Waals surface area contributed by atoms with Crippen LogP contribution in [0.15, 0.2) is 24.3 Å². The number of aliphatic carboxylic acids is 1. The van der Waals surface area contributed by atoms with Crippen LogP contribution in [-0.2, 0) is 14.3 Å². The van der Waals surface area contributed by atoms with Crippen molar-refractivity contribution in [3.63, 3.8) is 0 Å². The Labute approximate surface area is 127 Å². The van der Waals surface area contributed by atoms with E-state index in [4.69, 9.17) is 26.2 Å². The predicted molar refractivity (Wildman–Crippen MR) is 75.5 cm³/mol. The third-order valence-corrected chi connectivity index (χ3v) is 3.50. The lowest BCUT2D eigenvalue weighted by atomic mass is 10.2. The van der Waals surface area contributed by atoms with E-state index < -0.39 is 24.0 Å². The summed E-state index contributed by atoms with van der Waals surface area (Å²) in [4.78, 5) is 24.8. The van der Waals surface area contributed by atoms with Crippen molar-refractivity contribution in [2.75, 3.05) is 19.8 Å². The summed E-state index contributed by atoms with van der Waals surface area (Å²) in [5.41, 5.74) is 0. The average Bonchev–Trinajstić information content (AvgIpc) is 2.48. The first-order chi connectivity index (χ1) is 10.0. The highest BCUT2D eigenvalue weighted by atomic mass is 35.5. The van der Waals surface area contributed by atoms with Crippen LogP contribution < -0.4 is 4.74 Å². The van der Waals surface area contributed by atoms with E-state index in [9.17, 15) is 9.59 Å². The Morgan fingerprint density at radius 2 is 2.19 bits per heavy atom. The number of rotatable bonds is 4. The van der Waals surface area contributed by atoms with Crippen molar-refractivity contribution in [1.82, 2.24) is 4.90 Å². The molecule has 1 aliphatic rings. The molecule has 1 aliphatic heterocycles. The second-order valence-electron chi connectivity index (χ2n) is 4.65. The number of halogens is 1. The number of hydrogen-bond donors (Lipinski definition) is 1. The molecule has 1 aromatic rings. The lowest BCUT2D eigenvalue weighted by Crippen LogP contribution is -2.55. The summed E-state index contributed by atoms with van der Waals surface area (Å²) in [5, 5.41) is 9.53. The first kappa shape index (κ1) is 15.6. The fourth-order valence-electron chi connectivity index (χ4n) is 2.09. The molecular formula is C14H16ClNO5. The fraction of sp³-hybridized carbons (Fsp3) is 0.429. The fourth-order valence-corrected chi connectivity index (χ4v) is 2.27. The highest BCUT2D eigenvalue weighted by Crippen LogP contribution is 2.24. The third-order valence-electron chi connectivity index (χ3n) is 3.18. The van der Waals surface area contributed by atoms with E-state index in [1.165, 1.54) is 4.90 Å². The first-order valence-corrected chi connectivity index (χ1v) is 6.90. The Hall–Kier alpha value is -1.79. The number of ether oxygens (including phenoxy) is 2. The molecule has 0 aliphatic carbocycles. The maximum absolute atomic E-state index is 12.4. The number of nitrogens with zero attached hydrogens (tertiary/aromatic N) is 1.